The van der Waals surface area contributed by atoms with Gasteiger partial charge in [-0.3, -0.25) is 0 Å². The molecule has 0 radical (unpaired) electrons. The average Bonchev–Trinajstić information content (AvgIpc) is 3.16. The van der Waals surface area contributed by atoms with Gasteiger partial charge in [0.1, 0.15) is 5.01 Å². The van der Waals surface area contributed by atoms with Gasteiger partial charge < -0.3 is 5.73 Å². The monoisotopic (exact) mass is 363 g/mol. The zero-order valence-corrected chi connectivity index (χ0v) is 13.7. The smallest absolute Gasteiger partial charge is 0.234 e. The summed E-state index contributed by atoms with van der Waals surface area (Å²) in [6, 6.07) is 5.89. The Kier molecular flexibility index (Phi) is 3.19. The maximum absolute atomic E-state index is 6.14. The second kappa shape index (κ2) is 5.06. The Hall–Kier alpha value is -1.47. The fraction of sp³-hybridized carbons (Fsp3) is 0.357. The lowest BCUT2D eigenvalue weighted by atomic mass is 10.1. The quantitative estimate of drug-likeness (QED) is 0.701. The first kappa shape index (κ1) is 13.2. The van der Waals surface area contributed by atoms with Crippen molar-refractivity contribution in [1.82, 2.24) is 19.8 Å². The van der Waals surface area contributed by atoms with Gasteiger partial charge in [-0.05, 0) is 40.9 Å². The van der Waals surface area contributed by atoms with Gasteiger partial charge in [-0.15, -0.1) is 10.2 Å². The fourth-order valence-electron chi connectivity index (χ4n) is 2.90. The van der Waals surface area contributed by atoms with Crippen LogP contribution < -0.4 is 5.73 Å². The van der Waals surface area contributed by atoms with E-state index in [0.717, 1.165) is 25.8 Å². The van der Waals surface area contributed by atoms with Crippen LogP contribution in [0.15, 0.2) is 22.7 Å². The van der Waals surface area contributed by atoms with E-state index in [1.165, 1.54) is 37.0 Å². The molecule has 1 fully saturated rings. The summed E-state index contributed by atoms with van der Waals surface area (Å²) in [7, 11) is 0. The predicted molar refractivity (Wildman–Crippen MR) is 87.4 cm³/mol. The molecule has 7 heteroatoms. The molecule has 0 unspecified atom stereocenters. The Morgan fingerprint density at radius 2 is 2.05 bits per heavy atom. The number of hydrogen-bond donors (Lipinski definition) is 1. The molecule has 1 aliphatic rings. The van der Waals surface area contributed by atoms with Gasteiger partial charge in [0.2, 0.25) is 4.96 Å². The molecule has 0 amide bonds. The van der Waals surface area contributed by atoms with Gasteiger partial charge in [0.05, 0.1) is 5.69 Å². The van der Waals surface area contributed by atoms with E-state index in [9.17, 15) is 0 Å². The van der Waals surface area contributed by atoms with Gasteiger partial charge >= 0.3 is 0 Å². The number of nitrogen functional groups attached to an aromatic ring is 1. The van der Waals surface area contributed by atoms with Crippen molar-refractivity contribution in [2.24, 2.45) is 0 Å². The molecule has 3 aromatic rings. The highest BCUT2D eigenvalue weighted by atomic mass is 79.9. The molecule has 0 saturated heterocycles. The maximum atomic E-state index is 6.14. The summed E-state index contributed by atoms with van der Waals surface area (Å²) in [6.45, 7) is 0. The summed E-state index contributed by atoms with van der Waals surface area (Å²) in [4.78, 5) is 0.839. The summed E-state index contributed by atoms with van der Waals surface area (Å²) in [5, 5.41) is 14.2. The van der Waals surface area contributed by atoms with Gasteiger partial charge in [0, 0.05) is 16.0 Å². The number of hydrogen-bond acceptors (Lipinski definition) is 5. The first-order valence-electron chi connectivity index (χ1n) is 7.00. The van der Waals surface area contributed by atoms with E-state index in [2.05, 4.69) is 26.1 Å². The first-order valence-corrected chi connectivity index (χ1v) is 8.61. The molecule has 2 heterocycles. The molecule has 0 spiro atoms. The number of rotatable bonds is 2. The van der Waals surface area contributed by atoms with Crippen LogP contribution in [0.4, 0.5) is 5.69 Å². The standard InChI is InChI=1S/C14H14BrN5S/c15-10-7-3-6-9(11(10)16)13-19-20-12(8-4-1-2-5-8)17-18-14(20)21-13/h3,6-8H,1-2,4-5,16H2. The summed E-state index contributed by atoms with van der Waals surface area (Å²) in [5.41, 5.74) is 7.79. The summed E-state index contributed by atoms with van der Waals surface area (Å²) < 4.78 is 2.79. The van der Waals surface area contributed by atoms with Gasteiger partial charge in [-0.25, -0.2) is 0 Å². The van der Waals surface area contributed by atoms with Gasteiger partial charge in [0.25, 0.3) is 0 Å². The lowest BCUT2D eigenvalue weighted by molar-refractivity contribution is 0.641. The Balaban J connectivity index is 1.82. The average molecular weight is 364 g/mol. The molecule has 2 N–H and O–H groups in total. The molecule has 0 bridgehead atoms. The minimum Gasteiger partial charge on any atom is -0.397 e. The molecule has 0 aliphatic heterocycles. The van der Waals surface area contributed by atoms with E-state index >= 15 is 0 Å². The molecule has 108 valence electrons. The lowest BCUT2D eigenvalue weighted by Crippen LogP contribution is -2.01. The maximum Gasteiger partial charge on any atom is 0.234 e. The second-order valence-corrected chi connectivity index (χ2v) is 7.15. The SMILES string of the molecule is Nc1c(Br)cccc1-c1nn2c(C3CCCC3)nnc2s1. The van der Waals surface area contributed by atoms with E-state index in [1.807, 2.05) is 22.7 Å². The van der Waals surface area contributed by atoms with Gasteiger partial charge in [-0.1, -0.05) is 30.2 Å². The number of nitrogens with two attached hydrogens (primary N) is 1. The summed E-state index contributed by atoms with van der Waals surface area (Å²) in [6.07, 6.45) is 4.92. The molecule has 1 aliphatic carbocycles. The fourth-order valence-corrected chi connectivity index (χ4v) is 4.16. The molecule has 21 heavy (non-hydrogen) atoms. The van der Waals surface area contributed by atoms with Gasteiger partial charge in [-0.2, -0.15) is 9.61 Å². The number of aromatic nitrogens is 4. The topological polar surface area (TPSA) is 69.1 Å². The highest BCUT2D eigenvalue weighted by Crippen LogP contribution is 2.37. The van der Waals surface area contributed by atoms with Crippen molar-refractivity contribution >= 4 is 37.9 Å². The molecule has 1 aromatic carbocycles. The van der Waals surface area contributed by atoms with Crippen LogP contribution in [-0.2, 0) is 0 Å². The minimum atomic E-state index is 0.495. The molecule has 4 rings (SSSR count). The van der Waals surface area contributed by atoms with E-state index < -0.39 is 0 Å². The van der Waals surface area contributed by atoms with Crippen molar-refractivity contribution in [3.8, 4) is 10.6 Å². The van der Waals surface area contributed by atoms with E-state index in [4.69, 9.17) is 10.8 Å². The first-order chi connectivity index (χ1) is 10.2. The third-order valence-corrected chi connectivity index (χ3v) is 5.64. The molecule has 5 nitrogen and oxygen atoms in total. The second-order valence-electron chi connectivity index (χ2n) is 5.34. The normalized spacial score (nSPS) is 16.0. The van der Waals surface area contributed by atoms with Crippen LogP contribution in [0, 0.1) is 0 Å². The third kappa shape index (κ3) is 2.15. The zero-order chi connectivity index (χ0) is 14.4. The predicted octanol–water partition coefficient (Wildman–Crippen LogP) is 3.86. The Labute approximate surface area is 134 Å². The number of nitrogens with zero attached hydrogens (tertiary/aromatic N) is 4. The van der Waals surface area contributed by atoms with Crippen LogP contribution in [0.3, 0.4) is 0 Å². The largest absolute Gasteiger partial charge is 0.397 e. The lowest BCUT2D eigenvalue weighted by Gasteiger charge is -2.04. The Bertz CT molecular complexity index is 803. The van der Waals surface area contributed by atoms with Crippen LogP contribution in [0.1, 0.15) is 37.4 Å². The van der Waals surface area contributed by atoms with Gasteiger partial charge in [0.15, 0.2) is 5.82 Å². The van der Waals surface area contributed by atoms with E-state index in [0.29, 0.717) is 11.6 Å². The number of benzene rings is 1. The van der Waals surface area contributed by atoms with Crippen LogP contribution in [0.25, 0.3) is 15.5 Å². The van der Waals surface area contributed by atoms with Crippen LogP contribution >= 0.6 is 27.3 Å². The highest BCUT2D eigenvalue weighted by molar-refractivity contribution is 9.10. The molecule has 0 atom stereocenters. The van der Waals surface area contributed by atoms with E-state index in [1.54, 1.807) is 0 Å². The summed E-state index contributed by atoms with van der Waals surface area (Å²) >= 11 is 4.99. The highest BCUT2D eigenvalue weighted by Gasteiger charge is 2.24. The van der Waals surface area contributed by atoms with Crippen molar-refractivity contribution in [1.29, 1.82) is 0 Å². The molecular weight excluding hydrogens is 350 g/mol. The van der Waals surface area contributed by atoms with Crippen molar-refractivity contribution in [3.63, 3.8) is 0 Å². The van der Waals surface area contributed by atoms with Crippen molar-refractivity contribution in [3.05, 3.63) is 28.5 Å². The number of anilines is 1. The number of fused-ring (bicyclic) bond motifs is 1. The zero-order valence-electron chi connectivity index (χ0n) is 11.3. The Morgan fingerprint density at radius 1 is 1.24 bits per heavy atom. The third-order valence-electron chi connectivity index (χ3n) is 4.02. The van der Waals surface area contributed by atoms with Crippen molar-refractivity contribution in [2.45, 2.75) is 31.6 Å². The molecule has 1 saturated carbocycles. The van der Waals surface area contributed by atoms with Crippen LogP contribution in [0.5, 0.6) is 0 Å². The van der Waals surface area contributed by atoms with Crippen LogP contribution in [0.2, 0.25) is 0 Å². The minimum absolute atomic E-state index is 0.495. The van der Waals surface area contributed by atoms with Crippen molar-refractivity contribution < 1.29 is 0 Å². The Morgan fingerprint density at radius 3 is 2.86 bits per heavy atom. The summed E-state index contributed by atoms with van der Waals surface area (Å²) in [5.74, 6) is 1.49. The number of para-hydroxylation sites is 1. The van der Waals surface area contributed by atoms with Crippen LogP contribution in [-0.4, -0.2) is 19.8 Å². The number of halogens is 1. The van der Waals surface area contributed by atoms with E-state index in [-0.39, 0.29) is 0 Å². The van der Waals surface area contributed by atoms with Crippen molar-refractivity contribution in [2.75, 3.05) is 5.73 Å². The molecular formula is C14H14BrN5S. The molecule has 2 aromatic heterocycles.